The Kier molecular flexibility index (Phi) is 15.4. The van der Waals surface area contributed by atoms with Crippen LogP contribution >= 0.6 is 212 Å². The topological polar surface area (TPSA) is 0 Å². The van der Waals surface area contributed by atoms with Crippen molar-refractivity contribution in [1.82, 2.24) is 0 Å². The van der Waals surface area contributed by atoms with Gasteiger partial charge >= 0.3 is 0 Å². The second-order valence-corrected chi connectivity index (χ2v) is 29.6. The van der Waals surface area contributed by atoms with Crippen molar-refractivity contribution in [2.45, 2.75) is 13.8 Å². The molecular formula is C24H22S18. The van der Waals surface area contributed by atoms with Crippen molar-refractivity contribution >= 4 is 212 Å². The maximum atomic E-state index is 2.26. The van der Waals surface area contributed by atoms with E-state index < -0.39 is 0 Å². The van der Waals surface area contributed by atoms with E-state index in [0.717, 1.165) is 23.0 Å². The van der Waals surface area contributed by atoms with Crippen molar-refractivity contribution < 1.29 is 0 Å². The molecular weight excluding hydrogens is 865 g/mol. The quantitative estimate of drug-likeness (QED) is 0.181. The summed E-state index contributed by atoms with van der Waals surface area (Å²) in [6.07, 6.45) is 4.44. The number of hydrogen-bond donors (Lipinski definition) is 0. The van der Waals surface area contributed by atoms with Crippen molar-refractivity contribution in [3.8, 4) is 0 Å². The maximum Gasteiger partial charge on any atom is 0.0718 e. The highest BCUT2D eigenvalue weighted by Crippen LogP contribution is 2.73. The van der Waals surface area contributed by atoms with Gasteiger partial charge in [-0.2, -0.15) is 0 Å². The van der Waals surface area contributed by atoms with Gasteiger partial charge in [0.15, 0.2) is 0 Å². The van der Waals surface area contributed by atoms with E-state index in [2.05, 4.69) is 48.9 Å². The lowest BCUT2D eigenvalue weighted by Gasteiger charge is -2.07. The summed E-state index contributed by atoms with van der Waals surface area (Å²) < 4.78 is 20.8. The smallest absolute Gasteiger partial charge is 0.0718 e. The first-order valence-corrected chi connectivity index (χ1v) is 28.5. The molecule has 6 rings (SSSR count). The Morgan fingerprint density at radius 2 is 0.714 bits per heavy atom. The van der Waals surface area contributed by atoms with E-state index in [1.54, 1.807) is 0 Å². The summed E-state index contributed by atoms with van der Waals surface area (Å²) in [5, 5.41) is 4.39. The molecule has 0 amide bonds. The molecule has 0 aromatic carbocycles. The summed E-state index contributed by atoms with van der Waals surface area (Å²) >= 11 is 35.6. The van der Waals surface area contributed by atoms with E-state index in [-0.39, 0.29) is 0 Å². The summed E-state index contributed by atoms with van der Waals surface area (Å²) in [5.74, 6) is 4.57. The first-order chi connectivity index (χ1) is 20.6. The molecule has 0 aliphatic carbocycles. The average Bonchev–Trinajstić information content (AvgIpc) is 3.82. The predicted molar refractivity (Wildman–Crippen MR) is 238 cm³/mol. The van der Waals surface area contributed by atoms with Crippen LogP contribution in [0.1, 0.15) is 13.8 Å². The van der Waals surface area contributed by atoms with Crippen LogP contribution in [-0.2, 0) is 0 Å². The van der Waals surface area contributed by atoms with Gasteiger partial charge in [0.1, 0.15) is 0 Å². The molecule has 0 aromatic heterocycles. The SMILES string of the molecule is CCSC1=C(SCC)SC(=C2SC3=C(SC(=C4SC(SC)=C(SCCSC5=C(SC)SC(=C6SC=CS6)S5)S4)S3)S2)S1. The van der Waals surface area contributed by atoms with Gasteiger partial charge in [-0.3, -0.25) is 0 Å². The fourth-order valence-electron chi connectivity index (χ4n) is 3.26. The van der Waals surface area contributed by atoms with Crippen LogP contribution in [0.15, 0.2) is 70.1 Å². The standard InChI is InChI=1S/C24H22S18/c1-5-27-16-17(28-6-2)38-20(37-16)22-41-23-24(42-22)40-21(39-23)19-34-12(26-4)15(36-19)32-10-9-31-14-11(25-3)33-18(35-14)13-29-7-8-30-13/h7-8H,5-6,9-10H2,1-4H3. The third-order valence-corrected chi connectivity index (χ3v) is 30.5. The Morgan fingerprint density at radius 3 is 1.07 bits per heavy atom. The lowest BCUT2D eigenvalue weighted by Crippen LogP contribution is -1.84. The van der Waals surface area contributed by atoms with E-state index in [1.807, 2.05) is 200 Å². The van der Waals surface area contributed by atoms with E-state index in [9.17, 15) is 0 Å². The minimum atomic E-state index is 1.14. The third-order valence-electron chi connectivity index (χ3n) is 4.90. The molecule has 18 heteroatoms. The summed E-state index contributed by atoms with van der Waals surface area (Å²) in [6.45, 7) is 4.52. The Balaban J connectivity index is 0.999. The lowest BCUT2D eigenvalue weighted by atomic mass is 11.0. The van der Waals surface area contributed by atoms with E-state index in [0.29, 0.717) is 0 Å². The molecule has 0 spiro atoms. The molecule has 0 saturated heterocycles. The van der Waals surface area contributed by atoms with Crippen LogP contribution in [-0.4, -0.2) is 35.5 Å². The molecule has 0 fully saturated rings. The van der Waals surface area contributed by atoms with Crippen LogP contribution in [0.4, 0.5) is 0 Å². The van der Waals surface area contributed by atoms with Gasteiger partial charge < -0.3 is 0 Å². The minimum Gasteiger partial charge on any atom is -0.121 e. The molecule has 42 heavy (non-hydrogen) atoms. The highest BCUT2D eigenvalue weighted by atomic mass is 32.3. The van der Waals surface area contributed by atoms with Crippen LogP contribution in [0.2, 0.25) is 0 Å². The first-order valence-electron chi connectivity index (χ1n) is 12.2. The highest BCUT2D eigenvalue weighted by Gasteiger charge is 2.37. The van der Waals surface area contributed by atoms with Crippen molar-refractivity contribution in [3.63, 3.8) is 0 Å². The monoisotopic (exact) mass is 886 g/mol. The molecule has 0 nitrogen and oxygen atoms in total. The normalized spacial score (nSPS) is 22.8. The van der Waals surface area contributed by atoms with Crippen molar-refractivity contribution in [1.29, 1.82) is 0 Å². The number of thioether (sulfide) groups is 18. The van der Waals surface area contributed by atoms with Crippen molar-refractivity contribution in [2.75, 3.05) is 35.5 Å². The number of hydrogen-bond acceptors (Lipinski definition) is 18. The second kappa shape index (κ2) is 17.9. The Bertz CT molecular complexity index is 1320. The zero-order valence-electron chi connectivity index (χ0n) is 22.3. The largest absolute Gasteiger partial charge is 0.121 e. The van der Waals surface area contributed by atoms with E-state index >= 15 is 0 Å². The summed E-state index contributed by atoms with van der Waals surface area (Å²) in [5.41, 5.74) is 0. The molecule has 0 aromatic rings. The fraction of sp³-hybridized carbons (Fsp3) is 0.333. The van der Waals surface area contributed by atoms with Gasteiger partial charge in [-0.05, 0) is 34.8 Å². The molecule has 0 unspecified atom stereocenters. The van der Waals surface area contributed by atoms with Gasteiger partial charge in [0.2, 0.25) is 0 Å². The van der Waals surface area contributed by atoms with Gasteiger partial charge in [-0.25, -0.2) is 0 Å². The molecule has 0 N–H and O–H groups in total. The lowest BCUT2D eigenvalue weighted by molar-refractivity contribution is 1.53. The molecule has 0 bridgehead atoms. The van der Waals surface area contributed by atoms with Crippen LogP contribution in [0.5, 0.6) is 0 Å². The molecule has 6 aliphatic heterocycles. The predicted octanol–water partition coefficient (Wildman–Crippen LogP) is 15.9. The van der Waals surface area contributed by atoms with Crippen LogP contribution in [0, 0.1) is 0 Å². The van der Waals surface area contributed by atoms with Gasteiger partial charge in [0, 0.05) is 11.5 Å². The molecule has 0 saturated carbocycles. The average molecular weight is 888 g/mol. The zero-order valence-corrected chi connectivity index (χ0v) is 37.0. The maximum absolute atomic E-state index is 2.26. The van der Waals surface area contributed by atoms with Gasteiger partial charge in [-0.15, -0.1) is 70.6 Å². The van der Waals surface area contributed by atoms with Gasteiger partial charge in [-0.1, -0.05) is 155 Å². The fourth-order valence-corrected chi connectivity index (χ4v) is 29.0. The van der Waals surface area contributed by atoms with Crippen molar-refractivity contribution in [3.05, 3.63) is 70.1 Å². The van der Waals surface area contributed by atoms with E-state index in [4.69, 9.17) is 0 Å². The first kappa shape index (κ1) is 36.0. The molecule has 0 atom stereocenters. The van der Waals surface area contributed by atoms with Gasteiger partial charge in [0.25, 0.3) is 0 Å². The molecule has 6 aliphatic rings. The molecule has 226 valence electrons. The van der Waals surface area contributed by atoms with E-state index in [1.165, 1.54) is 59.3 Å². The van der Waals surface area contributed by atoms with Crippen LogP contribution in [0.25, 0.3) is 0 Å². The summed E-state index contributed by atoms with van der Waals surface area (Å²) in [4.78, 5) is 0. The Morgan fingerprint density at radius 1 is 0.405 bits per heavy atom. The van der Waals surface area contributed by atoms with Crippen LogP contribution in [0.3, 0.4) is 0 Å². The molecule has 0 radical (unpaired) electrons. The zero-order chi connectivity index (χ0) is 29.1. The van der Waals surface area contributed by atoms with Crippen molar-refractivity contribution in [2.24, 2.45) is 0 Å². The van der Waals surface area contributed by atoms with Gasteiger partial charge in [0.05, 0.1) is 59.3 Å². The number of rotatable bonds is 11. The minimum absolute atomic E-state index is 1.14. The second-order valence-electron chi connectivity index (χ2n) is 7.52. The van der Waals surface area contributed by atoms with Crippen LogP contribution < -0.4 is 0 Å². The summed E-state index contributed by atoms with van der Waals surface area (Å²) in [7, 11) is 0. The highest BCUT2D eigenvalue weighted by molar-refractivity contribution is 8.51. The summed E-state index contributed by atoms with van der Waals surface area (Å²) in [6, 6.07) is 0. The molecule has 6 heterocycles. The Labute approximate surface area is 326 Å². The third kappa shape index (κ3) is 8.92. The Hall–Kier alpha value is 4.22.